The highest BCUT2D eigenvalue weighted by Gasteiger charge is 2.19. The van der Waals surface area contributed by atoms with Crippen molar-refractivity contribution in [1.82, 2.24) is 4.90 Å². The molecule has 0 atom stereocenters. The van der Waals surface area contributed by atoms with Crippen LogP contribution in [0.5, 0.6) is 5.75 Å². The third-order valence-electron chi connectivity index (χ3n) is 5.68. The highest BCUT2D eigenvalue weighted by Crippen LogP contribution is 2.34. The molecule has 5 nitrogen and oxygen atoms in total. The molecule has 0 unspecified atom stereocenters. The van der Waals surface area contributed by atoms with Crippen LogP contribution in [0.25, 0.3) is 0 Å². The summed E-state index contributed by atoms with van der Waals surface area (Å²) in [4.78, 5) is 17.1. The van der Waals surface area contributed by atoms with E-state index in [1.54, 1.807) is 6.07 Å². The first-order chi connectivity index (χ1) is 15.9. The second kappa shape index (κ2) is 10.4. The summed E-state index contributed by atoms with van der Waals surface area (Å²) in [5, 5.41) is 3.42. The molecule has 8 heteroatoms. The normalized spacial score (nSPS) is 14.2. The van der Waals surface area contributed by atoms with Crippen molar-refractivity contribution in [2.24, 2.45) is 0 Å². The molecule has 1 aliphatic rings. The van der Waals surface area contributed by atoms with Gasteiger partial charge in [0, 0.05) is 55.2 Å². The Morgan fingerprint density at radius 1 is 1.00 bits per heavy atom. The second-order valence-electron chi connectivity index (χ2n) is 7.83. The molecule has 172 valence electrons. The number of benzene rings is 3. The fourth-order valence-electron chi connectivity index (χ4n) is 3.88. The van der Waals surface area contributed by atoms with Crippen LogP contribution in [-0.2, 0) is 6.54 Å². The van der Waals surface area contributed by atoms with Crippen LogP contribution in [-0.4, -0.2) is 44.1 Å². The quantitative estimate of drug-likeness (QED) is 0.483. The standard InChI is InChI=1S/C25H24Cl2FN3O2/c1-33-24-21(26)14-18(15-22(24)27)25(32)29-19-6-8-20(9-7-19)31-12-10-30(11-13-31)16-17-4-2-3-5-23(17)28/h2-9,14-15H,10-13,16H2,1H3,(H,29,32). The number of anilines is 2. The molecule has 1 saturated heterocycles. The molecule has 0 bridgehead atoms. The number of nitrogens with zero attached hydrogens (tertiary/aromatic N) is 2. The minimum atomic E-state index is -0.309. The van der Waals surface area contributed by atoms with Gasteiger partial charge in [-0.2, -0.15) is 0 Å². The number of piperazine rings is 1. The highest BCUT2D eigenvalue weighted by atomic mass is 35.5. The number of rotatable bonds is 6. The van der Waals surface area contributed by atoms with Gasteiger partial charge in [0.1, 0.15) is 5.82 Å². The SMILES string of the molecule is COc1c(Cl)cc(C(=O)Nc2ccc(N3CCN(Cc4ccccc4F)CC3)cc2)cc1Cl. The number of carbonyl (C=O) groups is 1. The van der Waals surface area contributed by atoms with Crippen molar-refractivity contribution in [3.63, 3.8) is 0 Å². The molecule has 1 N–H and O–H groups in total. The average molecular weight is 488 g/mol. The molecule has 1 fully saturated rings. The largest absolute Gasteiger partial charge is 0.494 e. The van der Waals surface area contributed by atoms with Crippen molar-refractivity contribution in [1.29, 1.82) is 0 Å². The Morgan fingerprint density at radius 2 is 1.64 bits per heavy atom. The zero-order chi connectivity index (χ0) is 23.4. The van der Waals surface area contributed by atoms with Gasteiger partial charge in [-0.25, -0.2) is 4.39 Å². The third-order valence-corrected chi connectivity index (χ3v) is 6.24. The predicted molar refractivity (Wildman–Crippen MR) is 131 cm³/mol. The molecule has 3 aromatic rings. The van der Waals surface area contributed by atoms with Crippen LogP contribution in [0.15, 0.2) is 60.7 Å². The van der Waals surface area contributed by atoms with E-state index in [0.29, 0.717) is 23.5 Å². The lowest BCUT2D eigenvalue weighted by molar-refractivity contribution is 0.102. The summed E-state index contributed by atoms with van der Waals surface area (Å²) in [6.45, 7) is 4.02. The molecular weight excluding hydrogens is 464 g/mol. The number of halogens is 3. The van der Waals surface area contributed by atoms with Gasteiger partial charge in [-0.15, -0.1) is 0 Å². The van der Waals surface area contributed by atoms with Crippen LogP contribution in [0.3, 0.4) is 0 Å². The molecule has 0 aromatic heterocycles. The molecular formula is C25H24Cl2FN3O2. The maximum atomic E-state index is 13.9. The lowest BCUT2D eigenvalue weighted by atomic mass is 10.1. The number of carbonyl (C=O) groups excluding carboxylic acids is 1. The molecule has 1 aliphatic heterocycles. The topological polar surface area (TPSA) is 44.8 Å². The zero-order valence-corrected chi connectivity index (χ0v) is 19.7. The molecule has 33 heavy (non-hydrogen) atoms. The number of methoxy groups -OCH3 is 1. The highest BCUT2D eigenvalue weighted by molar-refractivity contribution is 6.37. The van der Waals surface area contributed by atoms with E-state index in [-0.39, 0.29) is 21.8 Å². The zero-order valence-electron chi connectivity index (χ0n) is 18.2. The van der Waals surface area contributed by atoms with E-state index in [1.807, 2.05) is 36.4 Å². The number of nitrogens with one attached hydrogen (secondary N) is 1. The van der Waals surface area contributed by atoms with Crippen LogP contribution in [0.2, 0.25) is 10.0 Å². The fourth-order valence-corrected chi connectivity index (χ4v) is 4.52. The first kappa shape index (κ1) is 23.4. The van der Waals surface area contributed by atoms with E-state index >= 15 is 0 Å². The lowest BCUT2D eigenvalue weighted by Crippen LogP contribution is -2.46. The van der Waals surface area contributed by atoms with E-state index < -0.39 is 0 Å². The Bertz CT molecular complexity index is 1110. The van der Waals surface area contributed by atoms with Crippen molar-refractivity contribution < 1.29 is 13.9 Å². The first-order valence-corrected chi connectivity index (χ1v) is 11.4. The number of ether oxygens (including phenoxy) is 1. The Morgan fingerprint density at radius 3 is 2.24 bits per heavy atom. The van der Waals surface area contributed by atoms with Gasteiger partial charge in [0.25, 0.3) is 5.91 Å². The maximum Gasteiger partial charge on any atom is 0.255 e. The Labute approximate surface area is 202 Å². The van der Waals surface area contributed by atoms with Crippen LogP contribution in [0, 0.1) is 5.82 Å². The van der Waals surface area contributed by atoms with Crippen molar-refractivity contribution in [2.45, 2.75) is 6.54 Å². The van der Waals surface area contributed by atoms with Gasteiger partial charge in [-0.1, -0.05) is 41.4 Å². The van der Waals surface area contributed by atoms with Gasteiger partial charge in [0.2, 0.25) is 0 Å². The van der Waals surface area contributed by atoms with Crippen LogP contribution < -0.4 is 15.0 Å². The smallest absolute Gasteiger partial charge is 0.255 e. The summed E-state index contributed by atoms with van der Waals surface area (Å²) in [6, 6.07) is 17.7. The van der Waals surface area contributed by atoms with E-state index in [2.05, 4.69) is 15.1 Å². The van der Waals surface area contributed by atoms with Crippen LogP contribution >= 0.6 is 23.2 Å². The van der Waals surface area contributed by atoms with Crippen LogP contribution in [0.1, 0.15) is 15.9 Å². The van der Waals surface area contributed by atoms with Crippen LogP contribution in [0.4, 0.5) is 15.8 Å². The fraction of sp³-hybridized carbons (Fsp3) is 0.240. The van der Waals surface area contributed by atoms with Gasteiger partial charge in [0.05, 0.1) is 17.2 Å². The molecule has 0 aliphatic carbocycles. The molecule has 4 rings (SSSR count). The van der Waals surface area contributed by atoms with Gasteiger partial charge < -0.3 is 15.0 Å². The summed E-state index contributed by atoms with van der Waals surface area (Å²) < 4.78 is 19.0. The predicted octanol–water partition coefficient (Wildman–Crippen LogP) is 5.72. The average Bonchev–Trinajstić information content (AvgIpc) is 2.81. The summed E-state index contributed by atoms with van der Waals surface area (Å²) in [5.74, 6) is -0.124. The van der Waals surface area contributed by atoms with Crippen molar-refractivity contribution in [3.8, 4) is 5.75 Å². The molecule has 0 saturated carbocycles. The summed E-state index contributed by atoms with van der Waals surface area (Å²) in [5.41, 5.74) is 2.82. The van der Waals surface area contributed by atoms with Crippen molar-refractivity contribution in [2.75, 3.05) is 43.5 Å². The number of hydrogen-bond acceptors (Lipinski definition) is 4. The molecule has 0 radical (unpaired) electrons. The van der Waals surface area contributed by atoms with Gasteiger partial charge in [0.15, 0.2) is 5.75 Å². The van der Waals surface area contributed by atoms with E-state index in [9.17, 15) is 9.18 Å². The molecule has 1 heterocycles. The Kier molecular flexibility index (Phi) is 7.38. The Hall–Kier alpha value is -2.80. The van der Waals surface area contributed by atoms with Gasteiger partial charge in [-0.05, 0) is 42.5 Å². The summed E-state index contributed by atoms with van der Waals surface area (Å²) in [6.07, 6.45) is 0. The third kappa shape index (κ3) is 5.58. The van der Waals surface area contributed by atoms with Gasteiger partial charge >= 0.3 is 0 Å². The number of hydrogen-bond donors (Lipinski definition) is 1. The Balaban J connectivity index is 1.33. The lowest BCUT2D eigenvalue weighted by Gasteiger charge is -2.36. The van der Waals surface area contributed by atoms with E-state index in [0.717, 1.165) is 37.4 Å². The van der Waals surface area contributed by atoms with Gasteiger partial charge in [-0.3, -0.25) is 9.69 Å². The monoisotopic (exact) mass is 487 g/mol. The summed E-state index contributed by atoms with van der Waals surface area (Å²) in [7, 11) is 1.47. The molecule has 1 amide bonds. The second-order valence-corrected chi connectivity index (χ2v) is 8.64. The first-order valence-electron chi connectivity index (χ1n) is 10.6. The van der Waals surface area contributed by atoms with Crippen molar-refractivity contribution >= 4 is 40.5 Å². The van der Waals surface area contributed by atoms with Crippen molar-refractivity contribution in [3.05, 3.63) is 87.7 Å². The molecule has 3 aromatic carbocycles. The molecule has 0 spiro atoms. The summed E-state index contributed by atoms with van der Waals surface area (Å²) >= 11 is 12.3. The number of amides is 1. The maximum absolute atomic E-state index is 13.9. The minimum absolute atomic E-state index is 0.156. The van der Waals surface area contributed by atoms with E-state index in [1.165, 1.54) is 25.3 Å². The van der Waals surface area contributed by atoms with E-state index in [4.69, 9.17) is 27.9 Å². The minimum Gasteiger partial charge on any atom is -0.494 e.